The first-order valence-corrected chi connectivity index (χ1v) is 8.81. The van der Waals surface area contributed by atoms with E-state index in [2.05, 4.69) is 15.9 Å². The third-order valence-corrected chi connectivity index (χ3v) is 5.19. The highest BCUT2D eigenvalue weighted by Crippen LogP contribution is 2.27. The van der Waals surface area contributed by atoms with Crippen molar-refractivity contribution in [1.82, 2.24) is 9.80 Å². The molecule has 5 heteroatoms. The second-order valence-corrected chi connectivity index (χ2v) is 6.84. The number of carbonyl (C=O) groups is 1. The zero-order valence-electron chi connectivity index (χ0n) is 14.2. The number of methoxy groups -OCH3 is 1. The Morgan fingerprint density at radius 2 is 2.17 bits per heavy atom. The predicted molar refractivity (Wildman–Crippen MR) is 92.0 cm³/mol. The number of hydrogen-bond acceptors (Lipinski definition) is 4. The Bertz CT molecular complexity index is 739. The van der Waals surface area contributed by atoms with Crippen molar-refractivity contribution in [1.29, 1.82) is 0 Å². The Balaban J connectivity index is 1.45. The number of nitrogens with zero attached hydrogens (tertiary/aromatic N) is 2. The van der Waals surface area contributed by atoms with Crippen molar-refractivity contribution >= 4 is 16.9 Å². The first-order valence-electron chi connectivity index (χ1n) is 8.81. The summed E-state index contributed by atoms with van der Waals surface area (Å²) >= 11 is 0. The maximum absolute atomic E-state index is 12.0. The number of rotatable bonds is 4. The molecule has 3 heterocycles. The Kier molecular flexibility index (Phi) is 4.19. The summed E-state index contributed by atoms with van der Waals surface area (Å²) in [5, 5.41) is 1.08. The van der Waals surface area contributed by atoms with E-state index in [1.165, 1.54) is 0 Å². The molecule has 0 saturated carbocycles. The van der Waals surface area contributed by atoms with Crippen LogP contribution in [0.5, 0.6) is 5.75 Å². The normalized spacial score (nSPS) is 22.5. The zero-order valence-corrected chi connectivity index (χ0v) is 14.2. The highest BCUT2D eigenvalue weighted by atomic mass is 16.5. The van der Waals surface area contributed by atoms with Gasteiger partial charge in [-0.2, -0.15) is 0 Å². The molecule has 0 spiro atoms. The van der Waals surface area contributed by atoms with Crippen LogP contribution in [0.3, 0.4) is 0 Å². The third-order valence-electron chi connectivity index (χ3n) is 5.19. The average molecular weight is 328 g/mol. The van der Waals surface area contributed by atoms with Crippen molar-refractivity contribution in [3.05, 3.63) is 30.0 Å². The minimum absolute atomic E-state index is 0.331. The monoisotopic (exact) mass is 328 g/mol. The average Bonchev–Trinajstić information content (AvgIpc) is 3.19. The molecule has 1 aromatic heterocycles. The Morgan fingerprint density at radius 1 is 1.25 bits per heavy atom. The maximum Gasteiger partial charge on any atom is 0.222 e. The van der Waals surface area contributed by atoms with E-state index < -0.39 is 0 Å². The van der Waals surface area contributed by atoms with Crippen molar-refractivity contribution in [2.75, 3.05) is 26.7 Å². The number of likely N-dealkylation sites (tertiary alicyclic amines) is 2. The van der Waals surface area contributed by atoms with Crippen molar-refractivity contribution in [2.45, 2.75) is 38.3 Å². The number of carbonyl (C=O) groups excluding carboxylic acids is 1. The van der Waals surface area contributed by atoms with Crippen LogP contribution in [0.2, 0.25) is 0 Å². The molecule has 4 rings (SSSR count). The van der Waals surface area contributed by atoms with Crippen molar-refractivity contribution < 1.29 is 13.9 Å². The summed E-state index contributed by atoms with van der Waals surface area (Å²) in [5.41, 5.74) is 0.897. The fourth-order valence-corrected chi connectivity index (χ4v) is 3.99. The van der Waals surface area contributed by atoms with E-state index in [4.69, 9.17) is 9.15 Å². The van der Waals surface area contributed by atoms with Gasteiger partial charge in [0.2, 0.25) is 5.91 Å². The van der Waals surface area contributed by atoms with E-state index in [0.717, 1.165) is 74.3 Å². The van der Waals surface area contributed by atoms with E-state index in [9.17, 15) is 4.79 Å². The van der Waals surface area contributed by atoms with Gasteiger partial charge in [0.15, 0.2) is 0 Å². The van der Waals surface area contributed by atoms with E-state index in [1.54, 1.807) is 7.11 Å². The van der Waals surface area contributed by atoms with Gasteiger partial charge < -0.3 is 14.1 Å². The van der Waals surface area contributed by atoms with Crippen LogP contribution in [-0.2, 0) is 11.3 Å². The van der Waals surface area contributed by atoms with Crippen molar-refractivity contribution in [3.63, 3.8) is 0 Å². The smallest absolute Gasteiger partial charge is 0.222 e. The standard InChI is InChI=1S/C19H24N2O3/c1-23-16-6-7-18-14(10-16)11-17(24-18)13-20-8-2-4-15(12-20)21-9-3-5-19(21)22/h6-7,10-11,15H,2-5,8-9,12-13H2,1H3/t15-/m0/s1. The van der Waals surface area contributed by atoms with Crippen molar-refractivity contribution in [2.24, 2.45) is 0 Å². The summed E-state index contributed by atoms with van der Waals surface area (Å²) < 4.78 is 11.2. The van der Waals surface area contributed by atoms with E-state index in [0.29, 0.717) is 11.9 Å². The van der Waals surface area contributed by atoms with Crippen LogP contribution < -0.4 is 4.74 Å². The van der Waals surface area contributed by atoms with Gasteiger partial charge in [-0.1, -0.05) is 0 Å². The number of ether oxygens (including phenoxy) is 1. The minimum Gasteiger partial charge on any atom is -0.497 e. The van der Waals surface area contributed by atoms with Crippen LogP contribution in [0.4, 0.5) is 0 Å². The lowest BCUT2D eigenvalue weighted by atomic mass is 10.0. The highest BCUT2D eigenvalue weighted by molar-refractivity contribution is 5.79. The summed E-state index contributed by atoms with van der Waals surface area (Å²) in [6.45, 7) is 3.75. The Labute approximate surface area is 142 Å². The molecule has 0 aliphatic carbocycles. The lowest BCUT2D eigenvalue weighted by Crippen LogP contribution is -2.48. The fraction of sp³-hybridized carbons (Fsp3) is 0.526. The Morgan fingerprint density at radius 3 is 2.96 bits per heavy atom. The predicted octanol–water partition coefficient (Wildman–Crippen LogP) is 3.03. The lowest BCUT2D eigenvalue weighted by Gasteiger charge is -2.37. The van der Waals surface area contributed by atoms with Crippen LogP contribution in [0.25, 0.3) is 11.0 Å². The third kappa shape index (κ3) is 3.00. The second-order valence-electron chi connectivity index (χ2n) is 6.84. The van der Waals surface area contributed by atoms with Gasteiger partial charge in [0.05, 0.1) is 13.7 Å². The molecular formula is C19H24N2O3. The molecule has 0 radical (unpaired) electrons. The molecule has 128 valence electrons. The molecule has 0 bridgehead atoms. The van der Waals surface area contributed by atoms with Crippen LogP contribution in [0, 0.1) is 0 Å². The zero-order chi connectivity index (χ0) is 16.5. The fourth-order valence-electron chi connectivity index (χ4n) is 3.99. The lowest BCUT2D eigenvalue weighted by molar-refractivity contribution is -0.130. The second kappa shape index (κ2) is 6.48. The largest absolute Gasteiger partial charge is 0.497 e. The van der Waals surface area contributed by atoms with Crippen LogP contribution >= 0.6 is 0 Å². The summed E-state index contributed by atoms with van der Waals surface area (Å²) in [4.78, 5) is 16.5. The molecule has 0 unspecified atom stereocenters. The first-order chi connectivity index (χ1) is 11.7. The molecular weight excluding hydrogens is 304 g/mol. The van der Waals surface area contributed by atoms with Crippen LogP contribution in [-0.4, -0.2) is 48.5 Å². The molecule has 5 nitrogen and oxygen atoms in total. The highest BCUT2D eigenvalue weighted by Gasteiger charge is 2.31. The molecule has 2 aliphatic rings. The molecule has 2 fully saturated rings. The molecule has 2 saturated heterocycles. The summed E-state index contributed by atoms with van der Waals surface area (Å²) in [6.07, 6.45) is 4.00. The molecule has 2 aromatic rings. The van der Waals surface area contributed by atoms with Gasteiger partial charge in [-0.3, -0.25) is 9.69 Å². The van der Waals surface area contributed by atoms with Crippen LogP contribution in [0.1, 0.15) is 31.4 Å². The van der Waals surface area contributed by atoms with Crippen molar-refractivity contribution in [3.8, 4) is 5.75 Å². The first kappa shape index (κ1) is 15.5. The van der Waals surface area contributed by atoms with E-state index >= 15 is 0 Å². The molecule has 2 aliphatic heterocycles. The number of benzene rings is 1. The van der Waals surface area contributed by atoms with Gasteiger partial charge in [-0.15, -0.1) is 0 Å². The summed E-state index contributed by atoms with van der Waals surface area (Å²) in [6, 6.07) is 8.36. The van der Waals surface area contributed by atoms with E-state index in [1.807, 2.05) is 18.2 Å². The maximum atomic E-state index is 12.0. The number of piperidine rings is 1. The molecule has 0 N–H and O–H groups in total. The number of amides is 1. The van der Waals surface area contributed by atoms with E-state index in [-0.39, 0.29) is 0 Å². The van der Waals surface area contributed by atoms with Crippen LogP contribution in [0.15, 0.2) is 28.7 Å². The summed E-state index contributed by atoms with van der Waals surface area (Å²) in [7, 11) is 1.68. The SMILES string of the molecule is COc1ccc2oc(CN3CCC[C@H](N4CCCC4=O)C3)cc2c1. The number of hydrogen-bond donors (Lipinski definition) is 0. The van der Waals surface area contributed by atoms with Gasteiger partial charge in [0, 0.05) is 30.9 Å². The van der Waals surface area contributed by atoms with Gasteiger partial charge in [-0.05, 0) is 50.1 Å². The molecule has 1 amide bonds. The van der Waals surface area contributed by atoms with Gasteiger partial charge >= 0.3 is 0 Å². The molecule has 1 atom stereocenters. The quantitative estimate of drug-likeness (QED) is 0.865. The Hall–Kier alpha value is -2.01. The molecule has 1 aromatic carbocycles. The summed E-state index contributed by atoms with van der Waals surface area (Å²) in [5.74, 6) is 2.16. The van der Waals surface area contributed by atoms with Gasteiger partial charge in [0.25, 0.3) is 0 Å². The topological polar surface area (TPSA) is 45.9 Å². The number of furan rings is 1. The minimum atomic E-state index is 0.331. The molecule has 24 heavy (non-hydrogen) atoms. The number of fused-ring (bicyclic) bond motifs is 1. The van der Waals surface area contributed by atoms with Gasteiger partial charge in [0.1, 0.15) is 17.1 Å². The van der Waals surface area contributed by atoms with Gasteiger partial charge in [-0.25, -0.2) is 0 Å².